The number of piperidine rings is 1. The smallest absolute Gasteiger partial charge is 0.317 e. The number of nitrogens with one attached hydrogen (secondary N) is 1. The summed E-state index contributed by atoms with van der Waals surface area (Å²) in [7, 11) is 3.94. The Kier molecular flexibility index (Phi) is 6.78. The van der Waals surface area contributed by atoms with Crippen molar-refractivity contribution in [1.29, 1.82) is 0 Å². The summed E-state index contributed by atoms with van der Waals surface area (Å²) in [6, 6.07) is -0.0286. The average molecular weight is 285 g/mol. The number of aliphatic carboxylic acids is 1. The lowest BCUT2D eigenvalue weighted by molar-refractivity contribution is -0.138. The number of urea groups is 1. The van der Waals surface area contributed by atoms with Crippen molar-refractivity contribution in [3.8, 4) is 0 Å². The molecule has 2 unspecified atom stereocenters. The second kappa shape index (κ2) is 8.09. The molecule has 0 bridgehead atoms. The van der Waals surface area contributed by atoms with E-state index in [1.807, 2.05) is 30.8 Å². The summed E-state index contributed by atoms with van der Waals surface area (Å²) in [5.74, 6) is -0.352. The third-order valence-electron chi connectivity index (χ3n) is 3.88. The van der Waals surface area contributed by atoms with Crippen molar-refractivity contribution in [3.05, 3.63) is 0 Å². The number of carboxylic acids is 1. The van der Waals surface area contributed by atoms with E-state index in [4.69, 9.17) is 5.11 Å². The molecule has 20 heavy (non-hydrogen) atoms. The zero-order valence-corrected chi connectivity index (χ0v) is 12.8. The van der Waals surface area contributed by atoms with Crippen LogP contribution in [0.2, 0.25) is 0 Å². The highest BCUT2D eigenvalue weighted by Gasteiger charge is 2.28. The van der Waals surface area contributed by atoms with Gasteiger partial charge in [-0.05, 0) is 38.8 Å². The van der Waals surface area contributed by atoms with E-state index in [2.05, 4.69) is 5.32 Å². The molecule has 116 valence electrons. The van der Waals surface area contributed by atoms with Crippen LogP contribution in [0.25, 0.3) is 0 Å². The maximum absolute atomic E-state index is 12.0. The number of nitrogens with zero attached hydrogens (tertiary/aromatic N) is 2. The first-order valence-electron chi connectivity index (χ1n) is 7.29. The van der Waals surface area contributed by atoms with Crippen LogP contribution >= 0.6 is 0 Å². The van der Waals surface area contributed by atoms with E-state index in [1.165, 1.54) is 0 Å². The molecule has 1 rings (SSSR count). The lowest BCUT2D eigenvalue weighted by Gasteiger charge is -2.35. The zero-order chi connectivity index (χ0) is 15.1. The van der Waals surface area contributed by atoms with Gasteiger partial charge in [0, 0.05) is 32.6 Å². The molecule has 2 amide bonds. The SMILES string of the molecule is CC(CC(=O)O)C1CCCN(C(=O)NCCN(C)C)C1. The predicted octanol–water partition coefficient (Wildman–Crippen LogP) is 1.08. The fourth-order valence-corrected chi connectivity index (χ4v) is 2.60. The number of likely N-dealkylation sites (N-methyl/N-ethyl adjacent to an activating group) is 1. The minimum absolute atomic E-state index is 0.0286. The van der Waals surface area contributed by atoms with Gasteiger partial charge in [-0.3, -0.25) is 4.79 Å². The number of hydrogen-bond acceptors (Lipinski definition) is 3. The lowest BCUT2D eigenvalue weighted by Crippen LogP contribution is -2.47. The Labute approximate surface area is 121 Å². The molecule has 2 N–H and O–H groups in total. The Morgan fingerprint density at radius 3 is 2.75 bits per heavy atom. The van der Waals surface area contributed by atoms with Gasteiger partial charge in [-0.2, -0.15) is 0 Å². The Hall–Kier alpha value is -1.30. The summed E-state index contributed by atoms with van der Waals surface area (Å²) in [5.41, 5.74) is 0. The summed E-state index contributed by atoms with van der Waals surface area (Å²) in [5, 5.41) is 11.8. The molecule has 0 saturated carbocycles. The van der Waals surface area contributed by atoms with Gasteiger partial charge in [0.05, 0.1) is 0 Å². The van der Waals surface area contributed by atoms with E-state index in [0.717, 1.165) is 25.9 Å². The molecule has 6 nitrogen and oxygen atoms in total. The molecule has 0 aromatic carbocycles. The molecule has 1 fully saturated rings. The quantitative estimate of drug-likeness (QED) is 0.766. The first-order valence-corrected chi connectivity index (χ1v) is 7.29. The Bertz CT molecular complexity index is 334. The monoisotopic (exact) mass is 285 g/mol. The number of carboxylic acid groups (broad SMARTS) is 1. The second-order valence-electron chi connectivity index (χ2n) is 5.96. The predicted molar refractivity (Wildman–Crippen MR) is 77.7 cm³/mol. The Morgan fingerprint density at radius 1 is 1.45 bits per heavy atom. The first kappa shape index (κ1) is 16.8. The fraction of sp³-hybridized carbons (Fsp3) is 0.857. The highest BCUT2D eigenvalue weighted by atomic mass is 16.4. The second-order valence-corrected chi connectivity index (χ2v) is 5.96. The normalized spacial score (nSPS) is 20.8. The van der Waals surface area contributed by atoms with Crippen LogP contribution in [-0.2, 0) is 4.79 Å². The van der Waals surface area contributed by atoms with E-state index < -0.39 is 5.97 Å². The molecule has 0 aromatic heterocycles. The number of carbonyl (C=O) groups is 2. The van der Waals surface area contributed by atoms with Gasteiger partial charge in [0.15, 0.2) is 0 Å². The van der Waals surface area contributed by atoms with Crippen LogP contribution in [0.15, 0.2) is 0 Å². The van der Waals surface area contributed by atoms with Gasteiger partial charge in [-0.1, -0.05) is 6.92 Å². The first-order chi connectivity index (χ1) is 9.40. The largest absolute Gasteiger partial charge is 0.481 e. The van der Waals surface area contributed by atoms with Crippen molar-refractivity contribution in [2.75, 3.05) is 40.3 Å². The van der Waals surface area contributed by atoms with Crippen LogP contribution in [0, 0.1) is 11.8 Å². The van der Waals surface area contributed by atoms with Crippen LogP contribution in [0.4, 0.5) is 4.79 Å². The Morgan fingerprint density at radius 2 is 2.15 bits per heavy atom. The van der Waals surface area contributed by atoms with Crippen molar-refractivity contribution >= 4 is 12.0 Å². The molecule has 1 aliphatic rings. The molecular formula is C14H27N3O3. The third kappa shape index (κ3) is 5.77. The van der Waals surface area contributed by atoms with Crippen molar-refractivity contribution in [1.82, 2.24) is 15.1 Å². The van der Waals surface area contributed by atoms with Gasteiger partial charge >= 0.3 is 12.0 Å². The zero-order valence-electron chi connectivity index (χ0n) is 12.8. The molecule has 6 heteroatoms. The van der Waals surface area contributed by atoms with Crippen molar-refractivity contribution < 1.29 is 14.7 Å². The molecule has 0 radical (unpaired) electrons. The van der Waals surface area contributed by atoms with Gasteiger partial charge in [0.1, 0.15) is 0 Å². The van der Waals surface area contributed by atoms with Gasteiger partial charge in [-0.25, -0.2) is 4.79 Å². The van der Waals surface area contributed by atoms with Crippen LogP contribution in [0.5, 0.6) is 0 Å². The summed E-state index contributed by atoms with van der Waals surface area (Å²) < 4.78 is 0. The van der Waals surface area contributed by atoms with E-state index in [0.29, 0.717) is 19.0 Å². The molecule has 1 aliphatic heterocycles. The summed E-state index contributed by atoms with van der Waals surface area (Å²) >= 11 is 0. The highest BCUT2D eigenvalue weighted by molar-refractivity contribution is 5.74. The maximum atomic E-state index is 12.0. The van der Waals surface area contributed by atoms with Gasteiger partial charge in [0.25, 0.3) is 0 Å². The van der Waals surface area contributed by atoms with Crippen molar-refractivity contribution in [2.24, 2.45) is 11.8 Å². The highest BCUT2D eigenvalue weighted by Crippen LogP contribution is 2.26. The van der Waals surface area contributed by atoms with Gasteiger partial charge < -0.3 is 20.2 Å². The minimum atomic E-state index is -0.759. The molecule has 1 heterocycles. The number of rotatable bonds is 6. The fourth-order valence-electron chi connectivity index (χ4n) is 2.60. The van der Waals surface area contributed by atoms with E-state index in [9.17, 15) is 9.59 Å². The molecule has 0 aliphatic carbocycles. The Balaban J connectivity index is 2.39. The number of hydrogen-bond donors (Lipinski definition) is 2. The average Bonchev–Trinajstić information content (AvgIpc) is 2.37. The lowest BCUT2D eigenvalue weighted by atomic mass is 9.85. The van der Waals surface area contributed by atoms with E-state index in [-0.39, 0.29) is 18.4 Å². The number of amides is 2. The number of carbonyl (C=O) groups excluding carboxylic acids is 1. The molecule has 1 saturated heterocycles. The van der Waals surface area contributed by atoms with Crippen molar-refractivity contribution in [3.63, 3.8) is 0 Å². The summed E-state index contributed by atoms with van der Waals surface area (Å²) in [6.45, 7) is 4.86. The maximum Gasteiger partial charge on any atom is 0.317 e. The van der Waals surface area contributed by atoms with Crippen LogP contribution in [0.1, 0.15) is 26.2 Å². The van der Waals surface area contributed by atoms with E-state index in [1.54, 1.807) is 0 Å². The van der Waals surface area contributed by atoms with Gasteiger partial charge in [-0.15, -0.1) is 0 Å². The third-order valence-corrected chi connectivity index (χ3v) is 3.88. The van der Waals surface area contributed by atoms with Crippen LogP contribution in [0.3, 0.4) is 0 Å². The van der Waals surface area contributed by atoms with E-state index >= 15 is 0 Å². The number of likely N-dealkylation sites (tertiary alicyclic amines) is 1. The molecule has 0 aromatic rings. The minimum Gasteiger partial charge on any atom is -0.481 e. The van der Waals surface area contributed by atoms with Gasteiger partial charge in [0.2, 0.25) is 0 Å². The molecule has 2 atom stereocenters. The topological polar surface area (TPSA) is 72.9 Å². The molecular weight excluding hydrogens is 258 g/mol. The van der Waals surface area contributed by atoms with Crippen LogP contribution < -0.4 is 5.32 Å². The molecule has 0 spiro atoms. The van der Waals surface area contributed by atoms with Crippen molar-refractivity contribution in [2.45, 2.75) is 26.2 Å². The summed E-state index contributed by atoms with van der Waals surface area (Å²) in [4.78, 5) is 26.7. The van der Waals surface area contributed by atoms with Crippen LogP contribution in [-0.4, -0.2) is 67.2 Å². The standard InChI is InChI=1S/C14H27N3O3/c1-11(9-13(18)19)12-5-4-7-17(10-12)14(20)15-6-8-16(2)3/h11-12H,4-10H2,1-3H3,(H,15,20)(H,18,19). The summed E-state index contributed by atoms with van der Waals surface area (Å²) in [6.07, 6.45) is 2.15.